The van der Waals surface area contributed by atoms with E-state index in [0.29, 0.717) is 10.0 Å². The summed E-state index contributed by atoms with van der Waals surface area (Å²) in [6.07, 6.45) is 0. The van der Waals surface area contributed by atoms with Crippen molar-refractivity contribution in [3.8, 4) is 0 Å². The van der Waals surface area contributed by atoms with Crippen LogP contribution in [-0.2, 0) is 13.1 Å². The average molecular weight is 317 g/mol. The van der Waals surface area contributed by atoms with E-state index in [1.807, 2.05) is 18.2 Å². The molecule has 4 heteroatoms. The van der Waals surface area contributed by atoms with E-state index in [1.165, 1.54) is 11.1 Å². The van der Waals surface area contributed by atoms with Gasteiger partial charge in [-0.25, -0.2) is 0 Å². The summed E-state index contributed by atoms with van der Waals surface area (Å²) in [7, 11) is 0. The SMILES string of the molecule is Cc1ccc(CNCc2ccc(Cl)c(Cl)c2)cc1.Cl. The summed E-state index contributed by atoms with van der Waals surface area (Å²) in [5.41, 5.74) is 3.69. The summed E-state index contributed by atoms with van der Waals surface area (Å²) in [5.74, 6) is 0. The smallest absolute Gasteiger partial charge is 0.0595 e. The van der Waals surface area contributed by atoms with Crippen molar-refractivity contribution in [3.63, 3.8) is 0 Å². The Hall–Kier alpha value is -0.730. The number of nitrogens with one attached hydrogen (secondary N) is 1. The van der Waals surface area contributed by atoms with Crippen molar-refractivity contribution < 1.29 is 0 Å². The second-order valence-corrected chi connectivity index (χ2v) is 5.15. The van der Waals surface area contributed by atoms with Gasteiger partial charge in [0.05, 0.1) is 10.0 Å². The van der Waals surface area contributed by atoms with Crippen molar-refractivity contribution >= 4 is 35.6 Å². The highest BCUT2D eigenvalue weighted by atomic mass is 35.5. The molecule has 0 saturated carbocycles. The predicted molar refractivity (Wildman–Crippen MR) is 85.4 cm³/mol. The van der Waals surface area contributed by atoms with Crippen LogP contribution in [-0.4, -0.2) is 0 Å². The lowest BCUT2D eigenvalue weighted by molar-refractivity contribution is 0.693. The zero-order valence-corrected chi connectivity index (χ0v) is 12.9. The van der Waals surface area contributed by atoms with Crippen molar-refractivity contribution in [1.29, 1.82) is 0 Å². The number of halogens is 3. The maximum absolute atomic E-state index is 5.97. The minimum absolute atomic E-state index is 0. The first-order valence-electron chi connectivity index (χ1n) is 5.85. The highest BCUT2D eigenvalue weighted by Gasteiger charge is 1.99. The van der Waals surface area contributed by atoms with E-state index >= 15 is 0 Å². The fourth-order valence-electron chi connectivity index (χ4n) is 1.71. The van der Waals surface area contributed by atoms with Gasteiger partial charge in [-0.15, -0.1) is 12.4 Å². The molecular formula is C15H16Cl3N. The largest absolute Gasteiger partial charge is 0.309 e. The van der Waals surface area contributed by atoms with E-state index in [1.54, 1.807) is 0 Å². The predicted octanol–water partition coefficient (Wildman–Crippen LogP) is 5.01. The molecule has 0 saturated heterocycles. The Labute approximate surface area is 130 Å². The molecule has 102 valence electrons. The minimum atomic E-state index is 0. The second-order valence-electron chi connectivity index (χ2n) is 4.34. The molecule has 0 fully saturated rings. The summed E-state index contributed by atoms with van der Waals surface area (Å²) in [6.45, 7) is 3.72. The summed E-state index contributed by atoms with van der Waals surface area (Å²) in [5, 5.41) is 4.58. The molecule has 0 atom stereocenters. The molecule has 2 aromatic carbocycles. The van der Waals surface area contributed by atoms with E-state index < -0.39 is 0 Å². The lowest BCUT2D eigenvalue weighted by Crippen LogP contribution is -2.12. The molecular weight excluding hydrogens is 301 g/mol. The molecule has 0 bridgehead atoms. The van der Waals surface area contributed by atoms with Gasteiger partial charge in [0.1, 0.15) is 0 Å². The number of benzene rings is 2. The molecule has 0 spiro atoms. The van der Waals surface area contributed by atoms with Crippen LogP contribution >= 0.6 is 35.6 Å². The van der Waals surface area contributed by atoms with Gasteiger partial charge in [0.2, 0.25) is 0 Å². The quantitative estimate of drug-likeness (QED) is 0.835. The lowest BCUT2D eigenvalue weighted by atomic mass is 10.1. The first-order valence-corrected chi connectivity index (χ1v) is 6.61. The lowest BCUT2D eigenvalue weighted by Gasteiger charge is -2.06. The van der Waals surface area contributed by atoms with Crippen molar-refractivity contribution in [3.05, 3.63) is 69.2 Å². The van der Waals surface area contributed by atoms with Crippen LogP contribution in [0.1, 0.15) is 16.7 Å². The molecule has 0 aromatic heterocycles. The average Bonchev–Trinajstić information content (AvgIpc) is 2.36. The van der Waals surface area contributed by atoms with Crippen molar-refractivity contribution in [2.75, 3.05) is 0 Å². The molecule has 2 aromatic rings. The Morgan fingerprint density at radius 3 is 2.05 bits per heavy atom. The van der Waals surface area contributed by atoms with E-state index in [9.17, 15) is 0 Å². The standard InChI is InChI=1S/C15H15Cl2N.ClH/c1-11-2-4-12(5-3-11)9-18-10-13-6-7-14(16)15(17)8-13;/h2-8,18H,9-10H2,1H3;1H. The molecule has 2 rings (SSSR count). The summed E-state index contributed by atoms with van der Waals surface area (Å²) < 4.78 is 0. The number of rotatable bonds is 4. The zero-order valence-electron chi connectivity index (χ0n) is 10.6. The van der Waals surface area contributed by atoms with Crippen LogP contribution < -0.4 is 5.32 Å². The van der Waals surface area contributed by atoms with Crippen molar-refractivity contribution in [2.45, 2.75) is 20.0 Å². The first-order chi connectivity index (χ1) is 8.65. The summed E-state index contributed by atoms with van der Waals surface area (Å²) in [6, 6.07) is 14.2. The van der Waals surface area contributed by atoms with E-state index in [4.69, 9.17) is 23.2 Å². The second kappa shape index (κ2) is 7.76. The fraction of sp³-hybridized carbons (Fsp3) is 0.200. The third kappa shape index (κ3) is 5.04. The first kappa shape index (κ1) is 16.3. The number of hydrogen-bond acceptors (Lipinski definition) is 1. The van der Waals surface area contributed by atoms with Crippen LogP contribution in [0.4, 0.5) is 0 Å². The normalized spacial score (nSPS) is 10.1. The molecule has 0 aliphatic rings. The van der Waals surface area contributed by atoms with E-state index in [2.05, 4.69) is 36.5 Å². The van der Waals surface area contributed by atoms with Crippen LogP contribution in [0.5, 0.6) is 0 Å². The Balaban J connectivity index is 0.00000180. The number of hydrogen-bond donors (Lipinski definition) is 1. The Bertz CT molecular complexity index is 523. The third-order valence-corrected chi connectivity index (χ3v) is 3.50. The van der Waals surface area contributed by atoms with Crippen LogP contribution in [0.25, 0.3) is 0 Å². The summed E-state index contributed by atoms with van der Waals surface area (Å²) in [4.78, 5) is 0. The molecule has 0 radical (unpaired) electrons. The van der Waals surface area contributed by atoms with Crippen LogP contribution in [0, 0.1) is 6.92 Å². The highest BCUT2D eigenvalue weighted by molar-refractivity contribution is 6.42. The van der Waals surface area contributed by atoms with Gasteiger partial charge < -0.3 is 5.32 Å². The van der Waals surface area contributed by atoms with Crippen molar-refractivity contribution in [1.82, 2.24) is 5.32 Å². The maximum atomic E-state index is 5.97. The molecule has 0 aliphatic heterocycles. The molecule has 19 heavy (non-hydrogen) atoms. The van der Waals surface area contributed by atoms with Gasteiger partial charge in [-0.2, -0.15) is 0 Å². The van der Waals surface area contributed by atoms with Crippen LogP contribution in [0.2, 0.25) is 10.0 Å². The highest BCUT2D eigenvalue weighted by Crippen LogP contribution is 2.22. The van der Waals surface area contributed by atoms with Gasteiger partial charge in [-0.05, 0) is 30.2 Å². The topological polar surface area (TPSA) is 12.0 Å². The van der Waals surface area contributed by atoms with Gasteiger partial charge in [-0.1, -0.05) is 59.1 Å². The minimum Gasteiger partial charge on any atom is -0.309 e. The molecule has 1 N–H and O–H groups in total. The van der Waals surface area contributed by atoms with Gasteiger partial charge in [0.15, 0.2) is 0 Å². The Morgan fingerprint density at radius 2 is 1.42 bits per heavy atom. The number of aryl methyl sites for hydroxylation is 1. The Kier molecular flexibility index (Phi) is 6.67. The van der Waals surface area contributed by atoms with Crippen LogP contribution in [0.3, 0.4) is 0 Å². The molecule has 0 heterocycles. The van der Waals surface area contributed by atoms with E-state index in [0.717, 1.165) is 18.7 Å². The third-order valence-electron chi connectivity index (χ3n) is 2.76. The monoisotopic (exact) mass is 315 g/mol. The fourth-order valence-corrected chi connectivity index (χ4v) is 2.03. The zero-order chi connectivity index (χ0) is 13.0. The molecule has 0 unspecified atom stereocenters. The summed E-state index contributed by atoms with van der Waals surface area (Å²) >= 11 is 11.8. The van der Waals surface area contributed by atoms with Gasteiger partial charge in [0.25, 0.3) is 0 Å². The van der Waals surface area contributed by atoms with Gasteiger partial charge >= 0.3 is 0 Å². The van der Waals surface area contributed by atoms with Gasteiger partial charge in [0, 0.05) is 13.1 Å². The van der Waals surface area contributed by atoms with Crippen LogP contribution in [0.15, 0.2) is 42.5 Å². The van der Waals surface area contributed by atoms with E-state index in [-0.39, 0.29) is 12.4 Å². The molecule has 0 aliphatic carbocycles. The molecule has 0 amide bonds. The van der Waals surface area contributed by atoms with Crippen molar-refractivity contribution in [2.24, 2.45) is 0 Å². The van der Waals surface area contributed by atoms with Gasteiger partial charge in [-0.3, -0.25) is 0 Å². The molecule has 1 nitrogen and oxygen atoms in total. The Morgan fingerprint density at radius 1 is 0.842 bits per heavy atom. The maximum Gasteiger partial charge on any atom is 0.0595 e.